The molecule has 0 radical (unpaired) electrons. The molecule has 0 aliphatic heterocycles. The van der Waals surface area contributed by atoms with Gasteiger partial charge in [-0.1, -0.05) is 23.3 Å². The lowest BCUT2D eigenvalue weighted by Gasteiger charge is -2.03. The van der Waals surface area contributed by atoms with Crippen LogP contribution in [-0.2, 0) is 6.42 Å². The maximum absolute atomic E-state index is 5.51. The second-order valence-electron chi connectivity index (χ2n) is 3.30. The highest BCUT2D eigenvalue weighted by Crippen LogP contribution is 2.09. The Bertz CT molecular complexity index is 428. The molecule has 1 aromatic carbocycles. The first kappa shape index (κ1) is 10.5. The van der Waals surface area contributed by atoms with Crippen molar-refractivity contribution in [2.45, 2.75) is 12.8 Å². The molecule has 16 heavy (non-hydrogen) atoms. The molecule has 0 fully saturated rings. The summed E-state index contributed by atoms with van der Waals surface area (Å²) < 4.78 is 10.5. The number of nitrogens with two attached hydrogens (primary N) is 1. The number of aryl methyl sites for hydroxylation is 1. The van der Waals surface area contributed by atoms with E-state index in [1.807, 2.05) is 30.3 Å². The van der Waals surface area contributed by atoms with Gasteiger partial charge in [0.05, 0.1) is 6.61 Å². The molecule has 5 nitrogen and oxygen atoms in total. The predicted molar refractivity (Wildman–Crippen MR) is 59.0 cm³/mol. The average molecular weight is 219 g/mol. The van der Waals surface area contributed by atoms with E-state index in [1.165, 1.54) is 0 Å². The number of nitrogens with zero attached hydrogens (tertiary/aromatic N) is 2. The van der Waals surface area contributed by atoms with Gasteiger partial charge < -0.3 is 14.9 Å². The van der Waals surface area contributed by atoms with Crippen LogP contribution in [0.5, 0.6) is 5.75 Å². The van der Waals surface area contributed by atoms with Crippen LogP contribution in [0.3, 0.4) is 0 Å². The van der Waals surface area contributed by atoms with Crippen LogP contribution >= 0.6 is 0 Å². The summed E-state index contributed by atoms with van der Waals surface area (Å²) in [5.41, 5.74) is 5.30. The van der Waals surface area contributed by atoms with Crippen molar-refractivity contribution < 1.29 is 9.15 Å². The third kappa shape index (κ3) is 2.98. The van der Waals surface area contributed by atoms with Crippen LogP contribution in [0.15, 0.2) is 34.7 Å². The number of para-hydroxylation sites is 1. The van der Waals surface area contributed by atoms with Crippen LogP contribution < -0.4 is 10.5 Å². The minimum absolute atomic E-state index is 0.110. The van der Waals surface area contributed by atoms with Crippen molar-refractivity contribution in [3.8, 4) is 5.75 Å². The van der Waals surface area contributed by atoms with Gasteiger partial charge >= 0.3 is 6.01 Å². The van der Waals surface area contributed by atoms with Crippen LogP contribution in [-0.4, -0.2) is 16.8 Å². The van der Waals surface area contributed by atoms with Crippen molar-refractivity contribution in [2.75, 3.05) is 12.3 Å². The van der Waals surface area contributed by atoms with Crippen molar-refractivity contribution in [1.82, 2.24) is 10.2 Å². The Labute approximate surface area is 93.2 Å². The van der Waals surface area contributed by atoms with Crippen molar-refractivity contribution >= 4 is 6.01 Å². The number of ether oxygens (including phenoxy) is 1. The third-order valence-corrected chi connectivity index (χ3v) is 2.03. The van der Waals surface area contributed by atoms with E-state index < -0.39 is 0 Å². The number of rotatable bonds is 5. The number of hydrogen-bond acceptors (Lipinski definition) is 5. The minimum Gasteiger partial charge on any atom is -0.494 e. The summed E-state index contributed by atoms with van der Waals surface area (Å²) in [6, 6.07) is 9.78. The van der Waals surface area contributed by atoms with Gasteiger partial charge in [-0.2, -0.15) is 0 Å². The normalized spacial score (nSPS) is 10.2. The van der Waals surface area contributed by atoms with Crippen molar-refractivity contribution in [2.24, 2.45) is 0 Å². The van der Waals surface area contributed by atoms with Crippen LogP contribution in [0.1, 0.15) is 12.3 Å². The summed E-state index contributed by atoms with van der Waals surface area (Å²) >= 11 is 0. The summed E-state index contributed by atoms with van der Waals surface area (Å²) in [7, 11) is 0. The lowest BCUT2D eigenvalue weighted by Crippen LogP contribution is -1.99. The molecule has 2 aromatic rings. The largest absolute Gasteiger partial charge is 0.494 e. The Kier molecular flexibility index (Phi) is 3.38. The van der Waals surface area contributed by atoms with Gasteiger partial charge in [-0.25, -0.2) is 0 Å². The van der Waals surface area contributed by atoms with Gasteiger partial charge in [-0.05, 0) is 18.6 Å². The molecule has 0 aliphatic carbocycles. The molecule has 0 bridgehead atoms. The molecule has 2 rings (SSSR count). The van der Waals surface area contributed by atoms with Crippen LogP contribution in [0, 0.1) is 0 Å². The molecule has 0 atom stereocenters. The number of aromatic nitrogens is 2. The molecule has 0 saturated carbocycles. The maximum atomic E-state index is 5.51. The van der Waals surface area contributed by atoms with Crippen molar-refractivity contribution in [3.05, 3.63) is 36.2 Å². The van der Waals surface area contributed by atoms with Gasteiger partial charge in [0.15, 0.2) is 0 Å². The minimum atomic E-state index is 0.110. The molecular formula is C11H13N3O2. The highest BCUT2D eigenvalue weighted by Gasteiger charge is 2.02. The van der Waals surface area contributed by atoms with E-state index in [4.69, 9.17) is 14.9 Å². The fourth-order valence-electron chi connectivity index (χ4n) is 1.30. The Hall–Kier alpha value is -2.04. The average Bonchev–Trinajstić information content (AvgIpc) is 2.72. The molecule has 0 unspecified atom stereocenters. The van der Waals surface area contributed by atoms with Crippen LogP contribution in [0.4, 0.5) is 6.01 Å². The van der Waals surface area contributed by atoms with Gasteiger partial charge in [0.2, 0.25) is 5.89 Å². The van der Waals surface area contributed by atoms with E-state index in [-0.39, 0.29) is 6.01 Å². The fraction of sp³-hybridized carbons (Fsp3) is 0.273. The topological polar surface area (TPSA) is 74.2 Å². The molecular weight excluding hydrogens is 206 g/mol. The number of anilines is 1. The Balaban J connectivity index is 1.69. The first-order valence-electron chi connectivity index (χ1n) is 5.10. The van der Waals surface area contributed by atoms with E-state index in [2.05, 4.69) is 10.2 Å². The quantitative estimate of drug-likeness (QED) is 0.774. The molecule has 0 amide bonds. The van der Waals surface area contributed by atoms with Gasteiger partial charge in [0.1, 0.15) is 5.75 Å². The summed E-state index contributed by atoms with van der Waals surface area (Å²) in [6.07, 6.45) is 1.49. The van der Waals surface area contributed by atoms with E-state index >= 15 is 0 Å². The SMILES string of the molecule is Nc1nnc(CCCOc2ccccc2)o1. The Morgan fingerprint density at radius 2 is 2.00 bits per heavy atom. The van der Waals surface area contributed by atoms with Crippen molar-refractivity contribution in [3.63, 3.8) is 0 Å². The first-order chi connectivity index (χ1) is 7.84. The van der Waals surface area contributed by atoms with E-state index in [1.54, 1.807) is 0 Å². The monoisotopic (exact) mass is 219 g/mol. The highest BCUT2D eigenvalue weighted by molar-refractivity contribution is 5.20. The molecule has 1 aromatic heterocycles. The molecule has 5 heteroatoms. The number of nitrogen functional groups attached to an aromatic ring is 1. The summed E-state index contributed by atoms with van der Waals surface area (Å²) in [5.74, 6) is 1.42. The zero-order valence-electron chi connectivity index (χ0n) is 8.80. The number of benzene rings is 1. The maximum Gasteiger partial charge on any atom is 0.312 e. The van der Waals surface area contributed by atoms with Gasteiger partial charge in [0, 0.05) is 6.42 Å². The molecule has 0 saturated heterocycles. The van der Waals surface area contributed by atoms with E-state index in [0.717, 1.165) is 12.2 Å². The summed E-state index contributed by atoms with van der Waals surface area (Å²) in [5, 5.41) is 7.34. The van der Waals surface area contributed by atoms with E-state index in [0.29, 0.717) is 18.9 Å². The summed E-state index contributed by atoms with van der Waals surface area (Å²) in [6.45, 7) is 0.617. The fourth-order valence-corrected chi connectivity index (χ4v) is 1.30. The second-order valence-corrected chi connectivity index (χ2v) is 3.30. The van der Waals surface area contributed by atoms with Crippen molar-refractivity contribution in [1.29, 1.82) is 0 Å². The molecule has 0 spiro atoms. The Morgan fingerprint density at radius 1 is 1.19 bits per heavy atom. The van der Waals surface area contributed by atoms with Gasteiger partial charge in [-0.15, -0.1) is 5.10 Å². The van der Waals surface area contributed by atoms with E-state index in [9.17, 15) is 0 Å². The van der Waals surface area contributed by atoms with Crippen LogP contribution in [0.25, 0.3) is 0 Å². The smallest absolute Gasteiger partial charge is 0.312 e. The second kappa shape index (κ2) is 5.16. The zero-order valence-corrected chi connectivity index (χ0v) is 8.80. The molecule has 2 N–H and O–H groups in total. The van der Waals surface area contributed by atoms with Crippen LogP contribution in [0.2, 0.25) is 0 Å². The van der Waals surface area contributed by atoms with Gasteiger partial charge in [0.25, 0.3) is 0 Å². The molecule has 0 aliphatic rings. The van der Waals surface area contributed by atoms with Gasteiger partial charge in [-0.3, -0.25) is 0 Å². The highest BCUT2D eigenvalue weighted by atomic mass is 16.5. The molecule has 84 valence electrons. The number of hydrogen-bond donors (Lipinski definition) is 1. The lowest BCUT2D eigenvalue weighted by atomic mass is 10.3. The standard InChI is InChI=1S/C11H13N3O2/c12-11-14-13-10(16-11)7-4-8-15-9-5-2-1-3-6-9/h1-3,5-6H,4,7-8H2,(H2,12,14). The molecule has 1 heterocycles. The Morgan fingerprint density at radius 3 is 2.69 bits per heavy atom. The zero-order chi connectivity index (χ0) is 11.2. The third-order valence-electron chi connectivity index (χ3n) is 2.03. The lowest BCUT2D eigenvalue weighted by molar-refractivity contribution is 0.305. The predicted octanol–water partition coefficient (Wildman–Crippen LogP) is 1.66. The summed E-state index contributed by atoms with van der Waals surface area (Å²) in [4.78, 5) is 0. The first-order valence-corrected chi connectivity index (χ1v) is 5.10.